The van der Waals surface area contributed by atoms with Crippen LogP contribution in [0.1, 0.15) is 24.2 Å². The molecule has 0 fully saturated rings. The Morgan fingerprint density at radius 3 is 2.57 bits per heavy atom. The lowest BCUT2D eigenvalue weighted by Crippen LogP contribution is -2.34. The van der Waals surface area contributed by atoms with Gasteiger partial charge in [-0.1, -0.05) is 38.1 Å². The Morgan fingerprint density at radius 1 is 1.13 bits per heavy atom. The van der Waals surface area contributed by atoms with Crippen LogP contribution in [0.2, 0.25) is 0 Å². The first-order valence-corrected chi connectivity index (χ1v) is 7.85. The standard InChI is InChI=1S/C18H20N2O2S/c1-13(2)12-22-16-10-6-9-15(11-16)19-18(23)20-17(21)14-7-4-3-5-8-14/h3-11,13H,12H2,1-2H3,(H2,19,20,21,23). The molecule has 0 aliphatic rings. The number of rotatable bonds is 5. The minimum absolute atomic E-state index is 0.240. The van der Waals surface area contributed by atoms with Crippen LogP contribution in [0.3, 0.4) is 0 Å². The van der Waals surface area contributed by atoms with Crippen LogP contribution in [0.5, 0.6) is 5.75 Å². The van der Waals surface area contributed by atoms with E-state index in [0.29, 0.717) is 18.1 Å². The Balaban J connectivity index is 1.92. The van der Waals surface area contributed by atoms with E-state index in [0.717, 1.165) is 11.4 Å². The van der Waals surface area contributed by atoms with Crippen molar-refractivity contribution in [3.8, 4) is 5.75 Å². The summed E-state index contributed by atoms with van der Waals surface area (Å²) in [6.07, 6.45) is 0. The summed E-state index contributed by atoms with van der Waals surface area (Å²) in [6.45, 7) is 4.84. The largest absolute Gasteiger partial charge is 0.493 e. The average Bonchev–Trinajstić information content (AvgIpc) is 2.54. The maximum Gasteiger partial charge on any atom is 0.257 e. The van der Waals surface area contributed by atoms with E-state index in [-0.39, 0.29) is 11.0 Å². The molecule has 1 amide bonds. The minimum atomic E-state index is -0.240. The van der Waals surface area contributed by atoms with E-state index in [4.69, 9.17) is 17.0 Å². The van der Waals surface area contributed by atoms with Crippen molar-refractivity contribution in [2.45, 2.75) is 13.8 Å². The van der Waals surface area contributed by atoms with Crippen molar-refractivity contribution in [1.29, 1.82) is 0 Å². The fourth-order valence-corrected chi connectivity index (χ4v) is 2.06. The van der Waals surface area contributed by atoms with Crippen molar-refractivity contribution in [3.63, 3.8) is 0 Å². The zero-order valence-electron chi connectivity index (χ0n) is 13.2. The lowest BCUT2D eigenvalue weighted by atomic mass is 10.2. The molecule has 2 aromatic rings. The molecule has 0 aliphatic heterocycles. The van der Waals surface area contributed by atoms with Gasteiger partial charge in [0.1, 0.15) is 5.75 Å². The van der Waals surface area contributed by atoms with Gasteiger partial charge in [-0.05, 0) is 42.4 Å². The quantitative estimate of drug-likeness (QED) is 0.819. The van der Waals surface area contributed by atoms with Gasteiger partial charge in [0, 0.05) is 17.3 Å². The van der Waals surface area contributed by atoms with Gasteiger partial charge in [-0.25, -0.2) is 0 Å². The predicted octanol–water partition coefficient (Wildman–Crippen LogP) is 3.85. The summed E-state index contributed by atoms with van der Waals surface area (Å²) in [5, 5.41) is 5.89. The lowest BCUT2D eigenvalue weighted by Gasteiger charge is -2.12. The normalized spacial score (nSPS) is 10.2. The predicted molar refractivity (Wildman–Crippen MR) is 96.9 cm³/mol. The second kappa shape index (κ2) is 8.29. The molecule has 5 heteroatoms. The number of thiocarbonyl (C=S) groups is 1. The first-order chi connectivity index (χ1) is 11.0. The first kappa shape index (κ1) is 17.0. The van der Waals surface area contributed by atoms with Gasteiger partial charge in [0.05, 0.1) is 6.61 Å². The SMILES string of the molecule is CC(C)COc1cccc(NC(=S)NC(=O)c2ccccc2)c1. The highest BCUT2D eigenvalue weighted by Crippen LogP contribution is 2.18. The van der Waals surface area contributed by atoms with Gasteiger partial charge in [-0.15, -0.1) is 0 Å². The monoisotopic (exact) mass is 328 g/mol. The van der Waals surface area contributed by atoms with E-state index in [9.17, 15) is 4.79 Å². The third-order valence-corrected chi connectivity index (χ3v) is 3.14. The highest BCUT2D eigenvalue weighted by Gasteiger charge is 2.07. The number of hydrogen-bond donors (Lipinski definition) is 2. The minimum Gasteiger partial charge on any atom is -0.493 e. The van der Waals surface area contributed by atoms with E-state index >= 15 is 0 Å². The number of benzene rings is 2. The molecule has 0 aromatic heterocycles. The van der Waals surface area contributed by atoms with Gasteiger partial charge in [0.25, 0.3) is 5.91 Å². The molecule has 0 heterocycles. The van der Waals surface area contributed by atoms with Crippen LogP contribution in [0, 0.1) is 5.92 Å². The smallest absolute Gasteiger partial charge is 0.257 e. The van der Waals surface area contributed by atoms with Crippen LogP contribution in [0.4, 0.5) is 5.69 Å². The molecule has 0 saturated heterocycles. The highest BCUT2D eigenvalue weighted by atomic mass is 32.1. The van der Waals surface area contributed by atoms with Crippen LogP contribution in [-0.4, -0.2) is 17.6 Å². The molecule has 120 valence electrons. The van der Waals surface area contributed by atoms with Crippen LogP contribution in [-0.2, 0) is 0 Å². The third-order valence-electron chi connectivity index (χ3n) is 2.94. The number of carbonyl (C=O) groups is 1. The molecule has 0 spiro atoms. The van der Waals surface area contributed by atoms with Gasteiger partial charge < -0.3 is 10.1 Å². The Morgan fingerprint density at radius 2 is 1.87 bits per heavy atom. The van der Waals surface area contributed by atoms with E-state index in [1.54, 1.807) is 24.3 Å². The zero-order valence-corrected chi connectivity index (χ0v) is 14.0. The van der Waals surface area contributed by atoms with Crippen molar-refractivity contribution in [2.24, 2.45) is 5.92 Å². The molecule has 0 aliphatic carbocycles. The van der Waals surface area contributed by atoms with Gasteiger partial charge in [0.2, 0.25) is 0 Å². The molecule has 4 nitrogen and oxygen atoms in total. The molecule has 0 unspecified atom stereocenters. The molecular formula is C18H20N2O2S. The molecule has 23 heavy (non-hydrogen) atoms. The summed E-state index contributed by atoms with van der Waals surface area (Å²) in [5.41, 5.74) is 1.33. The Hall–Kier alpha value is -2.40. The molecule has 2 rings (SSSR count). The molecule has 0 atom stereocenters. The number of hydrogen-bond acceptors (Lipinski definition) is 3. The van der Waals surface area contributed by atoms with Crippen molar-refractivity contribution < 1.29 is 9.53 Å². The summed E-state index contributed by atoms with van der Waals surface area (Å²) < 4.78 is 5.67. The maximum atomic E-state index is 12.0. The second-order valence-electron chi connectivity index (χ2n) is 5.51. The third kappa shape index (κ3) is 5.71. The Bertz CT molecular complexity index is 672. The van der Waals surface area contributed by atoms with Crippen molar-refractivity contribution in [1.82, 2.24) is 5.32 Å². The second-order valence-corrected chi connectivity index (χ2v) is 5.92. The van der Waals surface area contributed by atoms with Crippen LogP contribution in [0.15, 0.2) is 54.6 Å². The molecular weight excluding hydrogens is 308 g/mol. The van der Waals surface area contributed by atoms with E-state index in [2.05, 4.69) is 24.5 Å². The highest BCUT2D eigenvalue weighted by molar-refractivity contribution is 7.80. The van der Waals surface area contributed by atoms with Gasteiger partial charge >= 0.3 is 0 Å². The fraction of sp³-hybridized carbons (Fsp3) is 0.222. The summed E-state index contributed by atoms with van der Waals surface area (Å²) in [7, 11) is 0. The summed E-state index contributed by atoms with van der Waals surface area (Å²) >= 11 is 5.18. The average molecular weight is 328 g/mol. The van der Waals surface area contributed by atoms with E-state index < -0.39 is 0 Å². The topological polar surface area (TPSA) is 50.4 Å². The molecule has 2 aromatic carbocycles. The number of anilines is 1. The molecule has 0 saturated carbocycles. The number of nitrogens with one attached hydrogen (secondary N) is 2. The summed E-state index contributed by atoms with van der Waals surface area (Å²) in [4.78, 5) is 12.0. The molecule has 0 radical (unpaired) electrons. The van der Waals surface area contributed by atoms with E-state index in [1.165, 1.54) is 0 Å². The summed E-state index contributed by atoms with van der Waals surface area (Å²) in [5.74, 6) is 0.981. The number of ether oxygens (including phenoxy) is 1. The zero-order chi connectivity index (χ0) is 16.7. The lowest BCUT2D eigenvalue weighted by molar-refractivity contribution is 0.0977. The van der Waals surface area contributed by atoms with Gasteiger partial charge in [0.15, 0.2) is 5.11 Å². The fourth-order valence-electron chi connectivity index (χ4n) is 1.85. The van der Waals surface area contributed by atoms with Gasteiger partial charge in [-0.2, -0.15) is 0 Å². The van der Waals surface area contributed by atoms with Crippen molar-refractivity contribution in [3.05, 3.63) is 60.2 Å². The van der Waals surface area contributed by atoms with Crippen LogP contribution >= 0.6 is 12.2 Å². The van der Waals surface area contributed by atoms with Crippen LogP contribution < -0.4 is 15.4 Å². The molecule has 2 N–H and O–H groups in total. The van der Waals surface area contributed by atoms with E-state index in [1.807, 2.05) is 30.3 Å². The van der Waals surface area contributed by atoms with Gasteiger partial charge in [-0.3, -0.25) is 10.1 Å². The van der Waals surface area contributed by atoms with Crippen molar-refractivity contribution in [2.75, 3.05) is 11.9 Å². The Labute approximate surface area is 141 Å². The summed E-state index contributed by atoms with van der Waals surface area (Å²) in [6, 6.07) is 16.4. The van der Waals surface area contributed by atoms with Crippen LogP contribution in [0.25, 0.3) is 0 Å². The number of amides is 1. The Kier molecular flexibility index (Phi) is 6.11. The molecule has 0 bridgehead atoms. The number of carbonyl (C=O) groups excluding carboxylic acids is 1. The van der Waals surface area contributed by atoms with Crippen molar-refractivity contribution >= 4 is 28.9 Å². The first-order valence-electron chi connectivity index (χ1n) is 7.45. The maximum absolute atomic E-state index is 12.0.